The highest BCUT2D eigenvalue weighted by Gasteiger charge is 2.20. The number of allylic oxidation sites excluding steroid dienone is 1. The summed E-state index contributed by atoms with van der Waals surface area (Å²) in [5.74, 6) is 1.30. The van der Waals surface area contributed by atoms with Crippen LogP contribution in [0.25, 0.3) is 0 Å². The van der Waals surface area contributed by atoms with Gasteiger partial charge in [-0.1, -0.05) is 61.5 Å². The van der Waals surface area contributed by atoms with Crippen molar-refractivity contribution < 1.29 is 9.72 Å². The van der Waals surface area contributed by atoms with Gasteiger partial charge in [-0.2, -0.15) is 0 Å². The number of nitro groups is 1. The van der Waals surface area contributed by atoms with E-state index in [2.05, 4.69) is 22.1 Å². The first-order valence-electron chi connectivity index (χ1n) is 9.87. The predicted octanol–water partition coefficient (Wildman–Crippen LogP) is 4.88. The first-order valence-corrected chi connectivity index (χ1v) is 11.2. The Balaban J connectivity index is 1.63. The standard InChI is InChI=1S/C20H24ClN5O3S/c1-2-10-25-18(11-14-6-4-3-5-7-14)23-24-20(25)30-13-19(27)22-17-12-15(26(28)29)8-9-16(17)21/h2,8-9,12,14H,1,3-7,10-11,13H2,(H,22,27). The number of hydrogen-bond acceptors (Lipinski definition) is 6. The molecule has 1 aliphatic carbocycles. The van der Waals surface area contributed by atoms with E-state index in [0.717, 1.165) is 12.2 Å². The Morgan fingerprint density at radius 3 is 2.83 bits per heavy atom. The lowest BCUT2D eigenvalue weighted by Gasteiger charge is -2.21. The van der Waals surface area contributed by atoms with E-state index in [0.29, 0.717) is 17.6 Å². The zero-order valence-electron chi connectivity index (χ0n) is 16.6. The van der Waals surface area contributed by atoms with Gasteiger partial charge in [0.2, 0.25) is 5.91 Å². The molecule has 0 unspecified atom stereocenters. The Labute approximate surface area is 184 Å². The molecule has 1 fully saturated rings. The maximum atomic E-state index is 12.4. The lowest BCUT2D eigenvalue weighted by molar-refractivity contribution is -0.384. The molecule has 1 aromatic heterocycles. The molecule has 1 N–H and O–H groups in total. The first-order chi connectivity index (χ1) is 14.5. The van der Waals surface area contributed by atoms with Crippen LogP contribution in [0.5, 0.6) is 0 Å². The molecule has 0 atom stereocenters. The van der Waals surface area contributed by atoms with Crippen LogP contribution in [-0.2, 0) is 17.8 Å². The van der Waals surface area contributed by atoms with Gasteiger partial charge in [0.25, 0.3) is 5.69 Å². The number of nitrogens with zero attached hydrogens (tertiary/aromatic N) is 4. The molecule has 0 radical (unpaired) electrons. The third-order valence-electron chi connectivity index (χ3n) is 5.07. The number of nitrogens with one attached hydrogen (secondary N) is 1. The monoisotopic (exact) mass is 449 g/mol. The minimum Gasteiger partial charge on any atom is -0.324 e. The lowest BCUT2D eigenvalue weighted by atomic mass is 9.87. The van der Waals surface area contributed by atoms with Gasteiger partial charge in [-0.3, -0.25) is 14.9 Å². The summed E-state index contributed by atoms with van der Waals surface area (Å²) in [7, 11) is 0. The van der Waals surface area contributed by atoms with Crippen molar-refractivity contribution in [1.29, 1.82) is 0 Å². The number of carbonyl (C=O) groups excluding carboxylic acids is 1. The third kappa shape index (κ3) is 5.82. The maximum absolute atomic E-state index is 12.4. The SMILES string of the molecule is C=CCn1c(CC2CCCCC2)nnc1SCC(=O)Nc1cc([N+](=O)[O-])ccc1Cl. The fourth-order valence-electron chi connectivity index (χ4n) is 3.58. The van der Waals surface area contributed by atoms with Gasteiger partial charge in [0.1, 0.15) is 5.82 Å². The van der Waals surface area contributed by atoms with Crippen molar-refractivity contribution >= 4 is 40.6 Å². The first kappa shape index (κ1) is 22.3. The fourth-order valence-corrected chi connectivity index (χ4v) is 4.51. The lowest BCUT2D eigenvalue weighted by Crippen LogP contribution is -2.16. The molecule has 1 heterocycles. The molecule has 0 spiro atoms. The minimum absolute atomic E-state index is 0.0811. The second-order valence-electron chi connectivity index (χ2n) is 7.26. The van der Waals surface area contributed by atoms with E-state index in [1.165, 1.54) is 62.1 Å². The van der Waals surface area contributed by atoms with Crippen molar-refractivity contribution in [2.75, 3.05) is 11.1 Å². The van der Waals surface area contributed by atoms with Gasteiger partial charge in [0.05, 0.1) is 21.4 Å². The second kappa shape index (κ2) is 10.6. The van der Waals surface area contributed by atoms with Crippen LogP contribution in [0, 0.1) is 16.0 Å². The number of non-ortho nitro benzene ring substituents is 1. The number of hydrogen-bond donors (Lipinski definition) is 1. The quantitative estimate of drug-likeness (QED) is 0.253. The zero-order chi connectivity index (χ0) is 21.5. The number of halogens is 1. The molecule has 3 rings (SSSR count). The Hall–Kier alpha value is -2.39. The van der Waals surface area contributed by atoms with Crippen LogP contribution in [-0.4, -0.2) is 31.3 Å². The zero-order valence-corrected chi connectivity index (χ0v) is 18.1. The molecule has 1 aliphatic rings. The van der Waals surface area contributed by atoms with E-state index in [1.807, 2.05) is 4.57 Å². The summed E-state index contributed by atoms with van der Waals surface area (Å²) in [4.78, 5) is 22.8. The average molecular weight is 450 g/mol. The molecule has 160 valence electrons. The van der Waals surface area contributed by atoms with Crippen molar-refractivity contribution in [2.45, 2.75) is 50.2 Å². The van der Waals surface area contributed by atoms with Gasteiger partial charge in [-0.05, 0) is 12.0 Å². The third-order valence-corrected chi connectivity index (χ3v) is 6.36. The molecule has 1 aromatic carbocycles. The topological polar surface area (TPSA) is 103 Å². The number of thioether (sulfide) groups is 1. The van der Waals surface area contributed by atoms with E-state index in [-0.39, 0.29) is 28.1 Å². The Morgan fingerprint density at radius 1 is 1.37 bits per heavy atom. The highest BCUT2D eigenvalue weighted by Crippen LogP contribution is 2.29. The molecule has 8 nitrogen and oxygen atoms in total. The van der Waals surface area contributed by atoms with E-state index in [1.54, 1.807) is 6.08 Å². The molecule has 2 aromatic rings. The van der Waals surface area contributed by atoms with Crippen LogP contribution in [0.4, 0.5) is 11.4 Å². The van der Waals surface area contributed by atoms with Crippen LogP contribution in [0.3, 0.4) is 0 Å². The summed E-state index contributed by atoms with van der Waals surface area (Å²) in [5, 5.41) is 23.1. The molecule has 0 aliphatic heterocycles. The van der Waals surface area contributed by atoms with Crippen molar-refractivity contribution in [3.05, 3.63) is 51.8 Å². The number of carbonyl (C=O) groups is 1. The highest BCUT2D eigenvalue weighted by molar-refractivity contribution is 7.99. The molecule has 0 saturated heterocycles. The van der Waals surface area contributed by atoms with Crippen LogP contribution >= 0.6 is 23.4 Å². The molecular formula is C20H24ClN5O3S. The number of nitro benzene ring substituents is 1. The van der Waals surface area contributed by atoms with Gasteiger partial charge < -0.3 is 9.88 Å². The Bertz CT molecular complexity index is 927. The van der Waals surface area contributed by atoms with E-state index in [4.69, 9.17) is 11.6 Å². The van der Waals surface area contributed by atoms with Gasteiger partial charge in [-0.15, -0.1) is 16.8 Å². The summed E-state index contributed by atoms with van der Waals surface area (Å²) >= 11 is 7.31. The molecule has 1 saturated carbocycles. The van der Waals surface area contributed by atoms with E-state index in [9.17, 15) is 14.9 Å². The summed E-state index contributed by atoms with van der Waals surface area (Å²) in [6.45, 7) is 4.39. The number of rotatable bonds is 9. The van der Waals surface area contributed by atoms with E-state index < -0.39 is 4.92 Å². The van der Waals surface area contributed by atoms with Gasteiger partial charge >= 0.3 is 0 Å². The summed E-state index contributed by atoms with van der Waals surface area (Å²) in [6, 6.07) is 3.92. The predicted molar refractivity (Wildman–Crippen MR) is 118 cm³/mol. The van der Waals surface area contributed by atoms with Crippen molar-refractivity contribution in [3.8, 4) is 0 Å². The van der Waals surface area contributed by atoms with Crippen LogP contribution in [0.1, 0.15) is 37.9 Å². The summed E-state index contributed by atoms with van der Waals surface area (Å²) < 4.78 is 2.00. The Morgan fingerprint density at radius 2 is 2.13 bits per heavy atom. The average Bonchev–Trinajstić information content (AvgIpc) is 3.10. The molecular weight excluding hydrogens is 426 g/mol. The molecule has 1 amide bonds. The minimum atomic E-state index is -0.535. The van der Waals surface area contributed by atoms with Gasteiger partial charge in [0.15, 0.2) is 5.16 Å². The Kier molecular flexibility index (Phi) is 7.87. The molecule has 10 heteroatoms. The number of amides is 1. The van der Waals surface area contributed by atoms with Crippen LogP contribution in [0.15, 0.2) is 36.0 Å². The van der Waals surface area contributed by atoms with Gasteiger partial charge in [-0.25, -0.2) is 0 Å². The van der Waals surface area contributed by atoms with E-state index >= 15 is 0 Å². The van der Waals surface area contributed by atoms with Crippen molar-refractivity contribution in [1.82, 2.24) is 14.8 Å². The second-order valence-corrected chi connectivity index (χ2v) is 8.61. The molecule has 0 bridgehead atoms. The fraction of sp³-hybridized carbons (Fsp3) is 0.450. The van der Waals surface area contributed by atoms with Crippen LogP contribution < -0.4 is 5.32 Å². The van der Waals surface area contributed by atoms with Crippen LogP contribution in [0.2, 0.25) is 5.02 Å². The smallest absolute Gasteiger partial charge is 0.271 e. The largest absolute Gasteiger partial charge is 0.324 e. The molecule has 30 heavy (non-hydrogen) atoms. The normalized spacial score (nSPS) is 14.4. The highest BCUT2D eigenvalue weighted by atomic mass is 35.5. The summed E-state index contributed by atoms with van der Waals surface area (Å²) in [6.07, 6.45) is 8.95. The number of benzene rings is 1. The van der Waals surface area contributed by atoms with Gasteiger partial charge in [0, 0.05) is 25.1 Å². The number of anilines is 1. The summed E-state index contributed by atoms with van der Waals surface area (Å²) in [5.41, 5.74) is 0.0717. The number of aromatic nitrogens is 3. The van der Waals surface area contributed by atoms with Crippen molar-refractivity contribution in [3.63, 3.8) is 0 Å². The van der Waals surface area contributed by atoms with Crippen molar-refractivity contribution in [2.24, 2.45) is 5.92 Å². The maximum Gasteiger partial charge on any atom is 0.271 e.